The number of aliphatic hydroxyl groups is 1. The molecule has 2 aromatic carbocycles. The first-order valence-electron chi connectivity index (χ1n) is 9.03. The molecule has 1 heterocycles. The summed E-state index contributed by atoms with van der Waals surface area (Å²) in [6, 6.07) is 11.1. The maximum atomic E-state index is 14.1. The molecule has 0 aromatic heterocycles. The molecule has 1 aliphatic heterocycles. The highest BCUT2D eigenvalue weighted by Crippen LogP contribution is 2.41. The Morgan fingerprint density at radius 2 is 1.83 bits per heavy atom. The van der Waals surface area contributed by atoms with Gasteiger partial charge >= 0.3 is 5.97 Å². The number of esters is 1. The van der Waals surface area contributed by atoms with E-state index in [1.165, 1.54) is 26.4 Å². The Morgan fingerprint density at radius 1 is 1.17 bits per heavy atom. The molecule has 0 saturated heterocycles. The zero-order valence-corrected chi connectivity index (χ0v) is 17.5. The Kier molecular flexibility index (Phi) is 6.79. The summed E-state index contributed by atoms with van der Waals surface area (Å²) in [5, 5.41) is 10.9. The van der Waals surface area contributed by atoms with Gasteiger partial charge in [-0.25, -0.2) is 14.2 Å². The highest BCUT2D eigenvalue weighted by molar-refractivity contribution is 8.18. The first-order valence-corrected chi connectivity index (χ1v) is 9.85. The van der Waals surface area contributed by atoms with Gasteiger partial charge in [-0.1, -0.05) is 23.9 Å². The third kappa shape index (κ3) is 4.65. The Hall–Kier alpha value is -3.26. The van der Waals surface area contributed by atoms with Crippen molar-refractivity contribution in [3.63, 3.8) is 0 Å². The Morgan fingerprint density at radius 3 is 2.43 bits per heavy atom. The van der Waals surface area contributed by atoms with Crippen molar-refractivity contribution in [3.05, 3.63) is 70.1 Å². The van der Waals surface area contributed by atoms with Crippen molar-refractivity contribution in [3.8, 4) is 11.5 Å². The normalized spacial score (nSPS) is 16.3. The monoisotopic (exact) mass is 429 g/mol. The van der Waals surface area contributed by atoms with Crippen LogP contribution in [0.25, 0.3) is 6.08 Å². The highest BCUT2D eigenvalue weighted by atomic mass is 32.2. The fourth-order valence-electron chi connectivity index (χ4n) is 2.71. The Balaban J connectivity index is 2.08. The van der Waals surface area contributed by atoms with Crippen LogP contribution < -0.4 is 9.47 Å². The summed E-state index contributed by atoms with van der Waals surface area (Å²) in [6.07, 6.45) is 1.66. The number of nitrogens with zero attached hydrogens (tertiary/aromatic N) is 1. The van der Waals surface area contributed by atoms with Crippen molar-refractivity contribution in [1.82, 2.24) is 0 Å². The zero-order chi connectivity index (χ0) is 21.7. The second-order valence-corrected chi connectivity index (χ2v) is 7.10. The molecule has 0 radical (unpaired) electrons. The lowest BCUT2D eigenvalue weighted by molar-refractivity contribution is -0.138. The molecule has 6 nitrogen and oxygen atoms in total. The maximum absolute atomic E-state index is 14.1. The van der Waals surface area contributed by atoms with Gasteiger partial charge in [0.15, 0.2) is 0 Å². The van der Waals surface area contributed by atoms with Crippen molar-refractivity contribution in [1.29, 1.82) is 0 Å². The molecule has 156 valence electrons. The van der Waals surface area contributed by atoms with Gasteiger partial charge in [0.05, 0.1) is 25.7 Å². The van der Waals surface area contributed by atoms with Crippen LogP contribution in [0.5, 0.6) is 11.5 Å². The van der Waals surface area contributed by atoms with E-state index in [9.17, 15) is 14.3 Å². The first-order chi connectivity index (χ1) is 14.5. The van der Waals surface area contributed by atoms with Crippen LogP contribution in [-0.2, 0) is 9.53 Å². The molecular weight excluding hydrogens is 409 g/mol. The molecule has 3 rings (SSSR count). The quantitative estimate of drug-likeness (QED) is 0.649. The average molecular weight is 429 g/mol. The molecule has 0 amide bonds. The Bertz CT molecular complexity index is 1040. The number of benzene rings is 2. The van der Waals surface area contributed by atoms with Gasteiger partial charge in [-0.3, -0.25) is 0 Å². The molecule has 1 aliphatic rings. The third-order valence-electron chi connectivity index (χ3n) is 4.12. The minimum Gasteiger partial charge on any atom is -0.506 e. The van der Waals surface area contributed by atoms with Crippen molar-refractivity contribution < 1.29 is 28.5 Å². The maximum Gasteiger partial charge on any atom is 0.344 e. The number of hydrogen-bond donors (Lipinski definition) is 1. The fraction of sp³-hybridized carbons (Fsp3) is 0.182. The second-order valence-electron chi connectivity index (χ2n) is 6.07. The molecule has 8 heteroatoms. The van der Waals surface area contributed by atoms with Crippen LogP contribution in [0.3, 0.4) is 0 Å². The largest absolute Gasteiger partial charge is 0.506 e. The number of methoxy groups -OCH3 is 2. The minimum atomic E-state index is -0.732. The SMILES string of the molecule is CCOC(=O)C1=C(O)C(=Cc2cc(OC)cc(OC)c2)SC1=Nc1ccccc1F. The van der Waals surface area contributed by atoms with E-state index in [0.29, 0.717) is 22.0 Å². The van der Waals surface area contributed by atoms with Gasteiger partial charge in [0, 0.05) is 6.07 Å². The molecule has 0 aliphatic carbocycles. The van der Waals surface area contributed by atoms with Gasteiger partial charge < -0.3 is 19.3 Å². The van der Waals surface area contributed by atoms with E-state index in [1.807, 2.05) is 0 Å². The summed E-state index contributed by atoms with van der Waals surface area (Å²) in [5.74, 6) is -0.417. The van der Waals surface area contributed by atoms with Gasteiger partial charge in [-0.05, 0) is 42.8 Å². The number of carbonyl (C=O) groups excluding carboxylic acids is 1. The third-order valence-corrected chi connectivity index (χ3v) is 5.14. The van der Waals surface area contributed by atoms with Crippen LogP contribution >= 0.6 is 11.8 Å². The number of hydrogen-bond acceptors (Lipinski definition) is 7. The molecule has 0 unspecified atom stereocenters. The molecule has 0 spiro atoms. The number of aliphatic hydroxyl groups excluding tert-OH is 1. The van der Waals surface area contributed by atoms with E-state index in [0.717, 1.165) is 11.8 Å². The second kappa shape index (κ2) is 9.49. The van der Waals surface area contributed by atoms with Gasteiger partial charge in [-0.15, -0.1) is 0 Å². The van der Waals surface area contributed by atoms with Gasteiger partial charge in [0.2, 0.25) is 0 Å². The van der Waals surface area contributed by atoms with Crippen molar-refractivity contribution >= 4 is 34.5 Å². The smallest absolute Gasteiger partial charge is 0.344 e. The lowest BCUT2D eigenvalue weighted by Gasteiger charge is -2.06. The van der Waals surface area contributed by atoms with E-state index in [1.54, 1.807) is 43.3 Å². The summed E-state index contributed by atoms with van der Waals surface area (Å²) in [4.78, 5) is 17.1. The van der Waals surface area contributed by atoms with Crippen LogP contribution in [0.2, 0.25) is 0 Å². The van der Waals surface area contributed by atoms with E-state index in [-0.39, 0.29) is 28.7 Å². The number of halogens is 1. The van der Waals surface area contributed by atoms with Crippen molar-refractivity contribution in [2.45, 2.75) is 6.92 Å². The van der Waals surface area contributed by atoms with Crippen LogP contribution in [-0.4, -0.2) is 36.9 Å². The molecule has 0 fully saturated rings. The Labute approximate surface area is 177 Å². The highest BCUT2D eigenvalue weighted by Gasteiger charge is 2.33. The molecule has 2 aromatic rings. The number of rotatable bonds is 6. The fourth-order valence-corrected chi connectivity index (χ4v) is 3.74. The molecule has 1 N–H and O–H groups in total. The standard InChI is InChI=1S/C22H20FNO5S/c1-4-29-22(26)19-20(25)18(11-13-9-14(27-2)12-15(10-13)28-3)30-21(19)24-17-8-6-5-7-16(17)23/h5-12,25H,4H2,1-3H3. The zero-order valence-electron chi connectivity index (χ0n) is 16.6. The summed E-state index contributed by atoms with van der Waals surface area (Å²) < 4.78 is 29.7. The molecule has 30 heavy (non-hydrogen) atoms. The average Bonchev–Trinajstić information content (AvgIpc) is 3.04. The molecular formula is C22H20FNO5S. The van der Waals surface area contributed by atoms with Gasteiger partial charge in [0.25, 0.3) is 0 Å². The number of ether oxygens (including phenoxy) is 3. The number of aliphatic imine (C=N–C) groups is 1. The summed E-state index contributed by atoms with van der Waals surface area (Å²) in [7, 11) is 3.07. The molecule has 0 saturated carbocycles. The molecule has 0 atom stereocenters. The van der Waals surface area contributed by atoms with Crippen LogP contribution in [0, 0.1) is 5.82 Å². The predicted molar refractivity (Wildman–Crippen MR) is 115 cm³/mol. The van der Waals surface area contributed by atoms with E-state index in [4.69, 9.17) is 14.2 Å². The van der Waals surface area contributed by atoms with E-state index in [2.05, 4.69) is 4.99 Å². The number of para-hydroxylation sites is 1. The summed E-state index contributed by atoms with van der Waals surface area (Å²) in [5.41, 5.74) is 0.626. The lowest BCUT2D eigenvalue weighted by Crippen LogP contribution is -2.12. The molecule has 0 bridgehead atoms. The van der Waals surface area contributed by atoms with Gasteiger partial charge in [-0.2, -0.15) is 0 Å². The predicted octanol–water partition coefficient (Wildman–Crippen LogP) is 5.04. The van der Waals surface area contributed by atoms with Crippen LogP contribution in [0.15, 0.2) is 63.7 Å². The summed E-state index contributed by atoms with van der Waals surface area (Å²) in [6.45, 7) is 1.78. The van der Waals surface area contributed by atoms with E-state index >= 15 is 0 Å². The summed E-state index contributed by atoms with van der Waals surface area (Å²) >= 11 is 1.04. The van der Waals surface area contributed by atoms with Crippen molar-refractivity contribution in [2.24, 2.45) is 4.99 Å². The van der Waals surface area contributed by atoms with E-state index < -0.39 is 11.8 Å². The topological polar surface area (TPSA) is 77.4 Å². The van der Waals surface area contributed by atoms with Gasteiger partial charge in [0.1, 0.15) is 39.4 Å². The van der Waals surface area contributed by atoms with Crippen LogP contribution in [0.4, 0.5) is 10.1 Å². The minimum absolute atomic E-state index is 0.0545. The van der Waals surface area contributed by atoms with Crippen LogP contribution in [0.1, 0.15) is 12.5 Å². The van der Waals surface area contributed by atoms with Crippen molar-refractivity contribution in [2.75, 3.05) is 20.8 Å². The lowest BCUT2D eigenvalue weighted by atomic mass is 10.1. The number of thioether (sulfide) groups is 1. The first kappa shape index (κ1) is 21.4. The number of carbonyl (C=O) groups is 1.